The lowest BCUT2D eigenvalue weighted by Crippen LogP contribution is -2.46. The number of benzene rings is 2. The predicted molar refractivity (Wildman–Crippen MR) is 204 cm³/mol. The van der Waals surface area contributed by atoms with E-state index in [0.29, 0.717) is 64.5 Å². The Kier molecular flexibility index (Phi) is 9.19. The lowest BCUT2D eigenvalue weighted by molar-refractivity contribution is -0.424. The van der Waals surface area contributed by atoms with Crippen molar-refractivity contribution in [1.29, 1.82) is 0 Å². The Labute approximate surface area is 319 Å². The number of piperidine rings is 2. The zero-order chi connectivity index (χ0) is 37.7. The van der Waals surface area contributed by atoms with Gasteiger partial charge in [-0.1, -0.05) is 16.8 Å². The van der Waals surface area contributed by atoms with Crippen LogP contribution in [-0.4, -0.2) is 79.5 Å². The maximum atomic E-state index is 13.6. The maximum Gasteiger partial charge on any atom is 0.267 e. The van der Waals surface area contributed by atoms with Gasteiger partial charge in [0.15, 0.2) is 18.0 Å². The van der Waals surface area contributed by atoms with Gasteiger partial charge in [0, 0.05) is 48.4 Å². The molecule has 2 unspecified atom stereocenters. The number of anilines is 1. The van der Waals surface area contributed by atoms with E-state index >= 15 is 0 Å². The third kappa shape index (κ3) is 7.25. The molecule has 2 aliphatic carbocycles. The fourth-order valence-corrected chi connectivity index (χ4v) is 9.06. The van der Waals surface area contributed by atoms with Gasteiger partial charge >= 0.3 is 0 Å². The summed E-state index contributed by atoms with van der Waals surface area (Å²) in [6.07, 6.45) is 17.7. The Balaban J connectivity index is 0.792. The van der Waals surface area contributed by atoms with Crippen LogP contribution in [0.2, 0.25) is 0 Å². The molecule has 3 aliphatic heterocycles. The molecule has 13 nitrogen and oxygen atoms in total. The highest BCUT2D eigenvalue weighted by atomic mass is 16.5. The van der Waals surface area contributed by atoms with E-state index in [2.05, 4.69) is 44.0 Å². The van der Waals surface area contributed by atoms with Crippen LogP contribution in [0.5, 0.6) is 11.5 Å². The summed E-state index contributed by atoms with van der Waals surface area (Å²) in [5.41, 5.74) is 3.32. The number of ether oxygens (including phenoxy) is 2. The summed E-state index contributed by atoms with van der Waals surface area (Å²) in [6.45, 7) is 6.14. The molecule has 2 saturated carbocycles. The van der Waals surface area contributed by atoms with Crippen molar-refractivity contribution in [3.8, 4) is 11.5 Å². The molecule has 0 radical (unpaired) electrons. The summed E-state index contributed by atoms with van der Waals surface area (Å²) in [6, 6.07) is 14.4. The summed E-state index contributed by atoms with van der Waals surface area (Å²) < 4.78 is 15.6. The first-order valence-corrected chi connectivity index (χ1v) is 19.7. The molecule has 13 heteroatoms. The molecule has 2 saturated heterocycles. The van der Waals surface area contributed by atoms with Crippen molar-refractivity contribution in [3.63, 3.8) is 0 Å². The van der Waals surface area contributed by atoms with Gasteiger partial charge in [-0.15, -0.1) is 0 Å². The van der Waals surface area contributed by atoms with Gasteiger partial charge in [-0.25, -0.2) is 9.50 Å². The minimum absolute atomic E-state index is 0.114. The molecule has 2 aromatic heterocycles. The van der Waals surface area contributed by atoms with Crippen LogP contribution in [0.25, 0.3) is 11.8 Å². The molecule has 0 bridgehead atoms. The Morgan fingerprint density at radius 1 is 1.07 bits per heavy atom. The van der Waals surface area contributed by atoms with E-state index in [9.17, 15) is 14.4 Å². The molecule has 55 heavy (non-hydrogen) atoms. The molecular formula is C42H47N8O5+. The van der Waals surface area contributed by atoms with Crippen LogP contribution in [0, 0.1) is 11.3 Å². The Bertz CT molecular complexity index is 2300. The monoisotopic (exact) mass is 743 g/mol. The van der Waals surface area contributed by atoms with Crippen LogP contribution in [0.4, 0.5) is 5.69 Å². The first-order valence-electron chi connectivity index (χ1n) is 19.7. The van der Waals surface area contributed by atoms with Crippen LogP contribution in [0.3, 0.4) is 0 Å². The lowest BCUT2D eigenvalue weighted by Gasteiger charge is -2.35. The minimum Gasteiger partial charge on any atom is -0.490 e. The molecule has 3 amide bonds. The zero-order valence-corrected chi connectivity index (χ0v) is 31.3. The van der Waals surface area contributed by atoms with Crippen molar-refractivity contribution in [2.45, 2.75) is 95.8 Å². The van der Waals surface area contributed by atoms with E-state index in [4.69, 9.17) is 14.6 Å². The topological polar surface area (TPSA) is 143 Å². The summed E-state index contributed by atoms with van der Waals surface area (Å²) in [7, 11) is 0. The molecule has 4 aromatic rings. The first kappa shape index (κ1) is 35.3. The fourth-order valence-electron chi connectivity index (χ4n) is 9.06. The van der Waals surface area contributed by atoms with Crippen molar-refractivity contribution in [1.82, 2.24) is 24.8 Å². The van der Waals surface area contributed by atoms with Crippen molar-refractivity contribution >= 4 is 41.5 Å². The molecule has 2 N–H and O–H groups in total. The Morgan fingerprint density at radius 3 is 2.64 bits per heavy atom. The molecule has 284 valence electrons. The number of carbonyl (C=O) groups excluding carboxylic acids is 3. The molecule has 2 atom stereocenters. The molecule has 5 heterocycles. The summed E-state index contributed by atoms with van der Waals surface area (Å²) >= 11 is 0. The Morgan fingerprint density at radius 2 is 1.87 bits per heavy atom. The maximum absolute atomic E-state index is 13.6. The number of nitrogens with zero attached hydrogens (tertiary/aromatic N) is 6. The second-order valence-electron chi connectivity index (χ2n) is 16.1. The second kappa shape index (κ2) is 14.3. The average molecular weight is 744 g/mol. The quantitative estimate of drug-likeness (QED) is 0.193. The Hall–Kier alpha value is -5.43. The number of carbonyl (C=O) groups is 3. The number of imide groups is 1. The summed E-state index contributed by atoms with van der Waals surface area (Å²) in [4.78, 5) is 44.2. The standard InChI is InChI=1S/C42H46N8O5/c1-26(2)54-36-21-33-30(20-32(36)40(52)45-34-23-44-50-17-3-16-43-39(34)50)25-49(47-33)24-27-10-14-42(15-11-27)22-37(42)48-18-12-29(13-19-48)28-4-6-31(7-5-28)55-35-8-9-38(51)46-41(35)53/h3-7,16-17,20-21,23-27,29,35,37H,8-15,18-19,22H2,1-2H3,(H-,45,46,51,52,53)/p+1/b49-24-. The third-order valence-corrected chi connectivity index (χ3v) is 12.1. The average Bonchev–Trinajstić information content (AvgIpc) is 3.49. The van der Waals surface area contributed by atoms with E-state index in [0.717, 1.165) is 49.3 Å². The number of fused-ring (bicyclic) bond motifs is 2. The van der Waals surface area contributed by atoms with Crippen molar-refractivity contribution in [3.05, 3.63) is 82.8 Å². The highest BCUT2D eigenvalue weighted by Crippen LogP contribution is 2.60. The van der Waals surface area contributed by atoms with Crippen LogP contribution in [0.15, 0.2) is 66.2 Å². The third-order valence-electron chi connectivity index (χ3n) is 12.1. The number of rotatable bonds is 9. The minimum atomic E-state index is -0.612. The predicted octanol–water partition coefficient (Wildman–Crippen LogP) is 4.15. The molecule has 5 aliphatic rings. The van der Waals surface area contributed by atoms with Crippen LogP contribution < -0.4 is 30.7 Å². The summed E-state index contributed by atoms with van der Waals surface area (Å²) in [5.74, 6) is 1.26. The normalized spacial score (nSPS) is 26.1. The van der Waals surface area contributed by atoms with E-state index in [1.54, 1.807) is 29.2 Å². The van der Waals surface area contributed by atoms with Gasteiger partial charge in [-0.2, -0.15) is 5.10 Å². The van der Waals surface area contributed by atoms with E-state index in [1.165, 1.54) is 24.8 Å². The van der Waals surface area contributed by atoms with Crippen molar-refractivity contribution in [2.75, 3.05) is 18.4 Å². The number of aromatic nitrogens is 3. The van der Waals surface area contributed by atoms with Gasteiger partial charge in [-0.05, 0) is 113 Å². The first-order chi connectivity index (χ1) is 26.7. The van der Waals surface area contributed by atoms with Gasteiger partial charge < -0.3 is 14.8 Å². The van der Waals surface area contributed by atoms with E-state index in [-0.39, 0.29) is 23.8 Å². The summed E-state index contributed by atoms with van der Waals surface area (Å²) in [5, 5.41) is 16.2. The molecule has 4 fully saturated rings. The number of likely N-dealkylation sites (tertiary alicyclic amines) is 1. The molecule has 1 spiro atoms. The SMILES string of the molecule is CC(C)Oc1cc2c(cc1C(=O)Nc1cnn3cccnc13)=C/[N+](=C/C1CCC3(CC1)CC3N1CCC(c3ccc(OC4CCC(=O)NC4=O)cc3)CC1)N=2. The van der Waals surface area contributed by atoms with Gasteiger partial charge in [0.2, 0.25) is 12.1 Å². The highest BCUT2D eigenvalue weighted by molar-refractivity contribution is 6.07. The molecule has 9 rings (SSSR count). The smallest absolute Gasteiger partial charge is 0.267 e. The zero-order valence-electron chi connectivity index (χ0n) is 31.3. The van der Waals surface area contributed by atoms with Gasteiger partial charge in [0.1, 0.15) is 22.5 Å². The lowest BCUT2D eigenvalue weighted by atomic mass is 9.79. The second-order valence-corrected chi connectivity index (χ2v) is 16.1. The van der Waals surface area contributed by atoms with E-state index < -0.39 is 6.10 Å². The van der Waals surface area contributed by atoms with Crippen molar-refractivity contribution < 1.29 is 28.5 Å². The van der Waals surface area contributed by atoms with E-state index in [1.807, 2.05) is 49.0 Å². The highest BCUT2D eigenvalue weighted by Gasteiger charge is 2.57. The van der Waals surface area contributed by atoms with Crippen LogP contribution >= 0.6 is 0 Å². The van der Waals surface area contributed by atoms with Gasteiger partial charge in [-0.3, -0.25) is 24.6 Å². The van der Waals surface area contributed by atoms with Gasteiger partial charge in [0.25, 0.3) is 11.8 Å². The largest absolute Gasteiger partial charge is 0.490 e. The number of amides is 3. The number of nitrogens with one attached hydrogen (secondary N) is 2. The number of hydrogen-bond donors (Lipinski definition) is 2. The van der Waals surface area contributed by atoms with Crippen LogP contribution in [0.1, 0.15) is 93.5 Å². The van der Waals surface area contributed by atoms with Crippen LogP contribution in [-0.2, 0) is 9.59 Å². The molecular weight excluding hydrogens is 697 g/mol. The van der Waals surface area contributed by atoms with Crippen molar-refractivity contribution in [2.24, 2.45) is 16.4 Å². The molecule has 2 aromatic carbocycles. The number of hydrogen-bond acceptors (Lipinski definition) is 9. The fraction of sp³-hybridized carbons (Fsp3) is 0.452. The van der Waals surface area contributed by atoms with Gasteiger partial charge in [0.05, 0.1) is 23.1 Å².